The topological polar surface area (TPSA) is 49.3 Å². The lowest BCUT2D eigenvalue weighted by atomic mass is 10.2. The lowest BCUT2D eigenvalue weighted by Crippen LogP contribution is -2.32. The molecule has 0 aliphatic rings. The van der Waals surface area contributed by atoms with Crippen molar-refractivity contribution >= 4 is 50.8 Å². The first-order valence-corrected chi connectivity index (χ1v) is 9.05. The Bertz CT molecular complexity index is 654. The zero-order valence-electron chi connectivity index (χ0n) is 12.2. The molecule has 0 fully saturated rings. The summed E-state index contributed by atoms with van der Waals surface area (Å²) >= 11 is 10.2. The summed E-state index contributed by atoms with van der Waals surface area (Å²) in [6, 6.07) is 8.08. The number of rotatable bonds is 6. The summed E-state index contributed by atoms with van der Waals surface area (Å²) in [6.45, 7) is 3.00. The minimum atomic E-state index is 0.534. The summed E-state index contributed by atoms with van der Waals surface area (Å²) < 4.78 is 1.04. The van der Waals surface area contributed by atoms with Gasteiger partial charge < -0.3 is 5.32 Å². The third-order valence-corrected chi connectivity index (χ3v) is 4.41. The molecule has 22 heavy (non-hydrogen) atoms. The number of hydrogen-bond donors (Lipinski definition) is 2. The first-order valence-electron chi connectivity index (χ1n) is 6.97. The number of halogens is 1. The summed E-state index contributed by atoms with van der Waals surface area (Å²) in [7, 11) is 0. The molecule has 1 aromatic heterocycles. The minimum absolute atomic E-state index is 0.534. The molecule has 0 spiro atoms. The van der Waals surface area contributed by atoms with E-state index in [0.29, 0.717) is 5.11 Å². The van der Waals surface area contributed by atoms with Gasteiger partial charge in [0.25, 0.3) is 0 Å². The van der Waals surface area contributed by atoms with Crippen LogP contribution in [0.15, 0.2) is 39.2 Å². The van der Waals surface area contributed by atoms with Gasteiger partial charge in [-0.2, -0.15) is 5.10 Å². The van der Waals surface area contributed by atoms with Crippen LogP contribution >= 0.6 is 39.5 Å². The average Bonchev–Trinajstić information content (AvgIpc) is 2.96. The molecule has 0 amide bonds. The molecule has 4 nitrogen and oxygen atoms in total. The molecule has 0 saturated heterocycles. The molecule has 0 saturated carbocycles. The van der Waals surface area contributed by atoms with Crippen molar-refractivity contribution in [3.8, 4) is 10.6 Å². The van der Waals surface area contributed by atoms with Crippen LogP contribution in [-0.4, -0.2) is 22.9 Å². The van der Waals surface area contributed by atoms with Gasteiger partial charge in [-0.25, -0.2) is 4.98 Å². The summed E-state index contributed by atoms with van der Waals surface area (Å²) in [4.78, 5) is 4.54. The van der Waals surface area contributed by atoms with Crippen molar-refractivity contribution in [3.05, 3.63) is 39.8 Å². The van der Waals surface area contributed by atoms with Gasteiger partial charge >= 0.3 is 0 Å². The molecule has 0 aliphatic carbocycles. The number of nitrogens with one attached hydrogen (secondary N) is 2. The SMILES string of the molecule is CCCCNC(=S)N/N=C\c1csc(-c2cccc(Br)c2)n1. The molecule has 7 heteroatoms. The van der Waals surface area contributed by atoms with Gasteiger partial charge in [0.1, 0.15) is 5.01 Å². The highest BCUT2D eigenvalue weighted by atomic mass is 79.9. The second-order valence-electron chi connectivity index (χ2n) is 4.57. The molecule has 0 bridgehead atoms. The van der Waals surface area contributed by atoms with E-state index in [1.807, 2.05) is 29.6 Å². The molecule has 0 unspecified atom stereocenters. The van der Waals surface area contributed by atoms with Gasteiger partial charge in [0, 0.05) is 22.0 Å². The molecule has 0 aliphatic heterocycles. The number of nitrogens with zero attached hydrogens (tertiary/aromatic N) is 2. The molecule has 116 valence electrons. The Hall–Kier alpha value is -1.31. The van der Waals surface area contributed by atoms with Crippen molar-refractivity contribution in [2.24, 2.45) is 5.10 Å². The van der Waals surface area contributed by atoms with Crippen LogP contribution in [0, 0.1) is 0 Å². The van der Waals surface area contributed by atoms with Gasteiger partial charge in [-0.15, -0.1) is 11.3 Å². The smallest absolute Gasteiger partial charge is 0.186 e. The first kappa shape index (κ1) is 17.1. The number of aromatic nitrogens is 1. The fourth-order valence-electron chi connectivity index (χ4n) is 1.67. The number of thiocarbonyl (C=S) groups is 1. The van der Waals surface area contributed by atoms with E-state index in [-0.39, 0.29) is 0 Å². The summed E-state index contributed by atoms with van der Waals surface area (Å²) in [6.07, 6.45) is 3.90. The highest BCUT2D eigenvalue weighted by Gasteiger charge is 2.03. The second kappa shape index (κ2) is 8.97. The summed E-state index contributed by atoms with van der Waals surface area (Å²) in [5, 5.41) is 10.7. The Morgan fingerprint density at radius 3 is 3.14 bits per heavy atom. The average molecular weight is 397 g/mol. The monoisotopic (exact) mass is 396 g/mol. The maximum Gasteiger partial charge on any atom is 0.186 e. The lowest BCUT2D eigenvalue weighted by Gasteiger charge is -2.04. The minimum Gasteiger partial charge on any atom is -0.361 e. The Morgan fingerprint density at radius 1 is 1.50 bits per heavy atom. The van der Waals surface area contributed by atoms with Crippen molar-refractivity contribution in [3.63, 3.8) is 0 Å². The third kappa shape index (κ3) is 5.47. The summed E-state index contributed by atoms with van der Waals surface area (Å²) in [5.74, 6) is 0. The van der Waals surface area contributed by atoms with Crippen LogP contribution in [0.3, 0.4) is 0 Å². The van der Waals surface area contributed by atoms with Crippen LogP contribution in [0.25, 0.3) is 10.6 Å². The predicted octanol–water partition coefficient (Wildman–Crippen LogP) is 4.17. The molecule has 2 N–H and O–H groups in total. The third-order valence-electron chi connectivity index (χ3n) is 2.77. The van der Waals surface area contributed by atoms with Crippen LogP contribution in [0.5, 0.6) is 0 Å². The Labute approximate surface area is 148 Å². The van der Waals surface area contributed by atoms with Crippen LogP contribution in [0.4, 0.5) is 0 Å². The Balaban J connectivity index is 1.89. The number of hydrazone groups is 1. The quantitative estimate of drug-likeness (QED) is 0.333. The van der Waals surface area contributed by atoms with Gasteiger partial charge in [-0.1, -0.05) is 41.4 Å². The second-order valence-corrected chi connectivity index (χ2v) is 6.75. The van der Waals surface area contributed by atoms with Crippen molar-refractivity contribution in [2.45, 2.75) is 19.8 Å². The number of benzene rings is 1. The van der Waals surface area contributed by atoms with Gasteiger partial charge in [0.2, 0.25) is 0 Å². The van der Waals surface area contributed by atoms with Gasteiger partial charge in [-0.3, -0.25) is 5.43 Å². The van der Waals surface area contributed by atoms with Crippen molar-refractivity contribution in [2.75, 3.05) is 6.54 Å². The molecule has 0 radical (unpaired) electrons. The lowest BCUT2D eigenvalue weighted by molar-refractivity contribution is 0.745. The zero-order valence-corrected chi connectivity index (χ0v) is 15.4. The van der Waals surface area contributed by atoms with Crippen molar-refractivity contribution in [1.29, 1.82) is 0 Å². The standard InChI is InChI=1S/C15H17BrN4S2/c1-2-3-7-17-15(21)20-18-9-13-10-22-14(19-13)11-5-4-6-12(16)8-11/h4-6,8-10H,2-3,7H2,1H3,(H2,17,20,21)/b18-9-. The molecule has 1 aromatic carbocycles. The molecule has 2 aromatic rings. The van der Waals surface area contributed by atoms with E-state index in [9.17, 15) is 0 Å². The Morgan fingerprint density at radius 2 is 2.36 bits per heavy atom. The normalized spacial score (nSPS) is 10.8. The molecule has 1 heterocycles. The molecular formula is C15H17BrN4S2. The first-order chi connectivity index (χ1) is 10.7. The fraction of sp³-hybridized carbons (Fsp3) is 0.267. The van der Waals surface area contributed by atoms with Gasteiger partial charge in [-0.05, 0) is 30.8 Å². The molecule has 0 atom stereocenters. The van der Waals surface area contributed by atoms with Crippen molar-refractivity contribution in [1.82, 2.24) is 15.7 Å². The van der Waals surface area contributed by atoms with E-state index in [2.05, 4.69) is 43.7 Å². The zero-order chi connectivity index (χ0) is 15.8. The number of thiazole rings is 1. The number of unbranched alkanes of at least 4 members (excludes halogenated alkanes) is 1. The fourth-order valence-corrected chi connectivity index (χ4v) is 3.00. The maximum absolute atomic E-state index is 5.12. The van der Waals surface area contributed by atoms with E-state index in [1.54, 1.807) is 17.6 Å². The van der Waals surface area contributed by atoms with E-state index in [4.69, 9.17) is 12.2 Å². The van der Waals surface area contributed by atoms with Crippen LogP contribution in [0.2, 0.25) is 0 Å². The van der Waals surface area contributed by atoms with Gasteiger partial charge in [0.05, 0.1) is 11.9 Å². The van der Waals surface area contributed by atoms with Crippen LogP contribution in [-0.2, 0) is 0 Å². The highest BCUT2D eigenvalue weighted by Crippen LogP contribution is 2.25. The molecule has 2 rings (SSSR count). The van der Waals surface area contributed by atoms with Gasteiger partial charge in [0.15, 0.2) is 5.11 Å². The maximum atomic E-state index is 5.12. The van der Waals surface area contributed by atoms with E-state index < -0.39 is 0 Å². The largest absolute Gasteiger partial charge is 0.361 e. The van der Waals surface area contributed by atoms with E-state index >= 15 is 0 Å². The van der Waals surface area contributed by atoms with Crippen molar-refractivity contribution < 1.29 is 0 Å². The summed E-state index contributed by atoms with van der Waals surface area (Å²) in [5.41, 5.74) is 4.69. The van der Waals surface area contributed by atoms with E-state index in [0.717, 1.165) is 40.1 Å². The van der Waals surface area contributed by atoms with E-state index in [1.165, 1.54) is 0 Å². The number of hydrogen-bond acceptors (Lipinski definition) is 4. The van der Waals surface area contributed by atoms with Crippen LogP contribution < -0.4 is 10.7 Å². The predicted molar refractivity (Wildman–Crippen MR) is 101 cm³/mol. The van der Waals surface area contributed by atoms with Crippen LogP contribution in [0.1, 0.15) is 25.5 Å². The Kier molecular flexibility index (Phi) is 6.95. The molecular weight excluding hydrogens is 380 g/mol. The highest BCUT2D eigenvalue weighted by molar-refractivity contribution is 9.10.